The molecule has 5 nitrogen and oxygen atoms in total. The molecule has 3 N–H and O–H groups in total. The van der Waals surface area contributed by atoms with Gasteiger partial charge in [-0.25, -0.2) is 0 Å². The van der Waals surface area contributed by atoms with Crippen LogP contribution in [0.2, 0.25) is 0 Å². The number of nitrogens with zero attached hydrogens (tertiary/aromatic N) is 2. The van der Waals surface area contributed by atoms with Gasteiger partial charge in [0.2, 0.25) is 0 Å². The van der Waals surface area contributed by atoms with Crippen molar-refractivity contribution >= 4 is 22.6 Å². The van der Waals surface area contributed by atoms with Crippen LogP contribution >= 0.6 is 22.6 Å². The van der Waals surface area contributed by atoms with Gasteiger partial charge in [0.25, 0.3) is 5.89 Å². The van der Waals surface area contributed by atoms with E-state index in [1.807, 2.05) is 24.3 Å². The summed E-state index contributed by atoms with van der Waals surface area (Å²) < 4.78 is 6.12. The molecule has 0 spiro atoms. The summed E-state index contributed by atoms with van der Waals surface area (Å²) in [4.78, 5) is 4.14. The first-order chi connectivity index (χ1) is 7.72. The van der Waals surface area contributed by atoms with E-state index < -0.39 is 6.04 Å². The Morgan fingerprint density at radius 1 is 1.44 bits per heavy atom. The van der Waals surface area contributed by atoms with Crippen molar-refractivity contribution in [2.75, 3.05) is 6.61 Å². The molecule has 16 heavy (non-hydrogen) atoms. The van der Waals surface area contributed by atoms with E-state index in [9.17, 15) is 0 Å². The predicted octanol–water partition coefficient (Wildman–Crippen LogP) is 1.33. The van der Waals surface area contributed by atoms with E-state index in [2.05, 4.69) is 32.7 Å². The molecule has 0 fully saturated rings. The summed E-state index contributed by atoms with van der Waals surface area (Å²) in [5, 5.41) is 12.6. The Balaban J connectivity index is 2.35. The Morgan fingerprint density at radius 2 is 2.19 bits per heavy atom. The smallest absolute Gasteiger partial charge is 0.259 e. The van der Waals surface area contributed by atoms with Gasteiger partial charge in [-0.1, -0.05) is 17.3 Å². The quantitative estimate of drug-likeness (QED) is 0.829. The number of aliphatic hydroxyl groups excluding tert-OH is 1. The van der Waals surface area contributed by atoms with Gasteiger partial charge in [-0.2, -0.15) is 4.98 Å². The second kappa shape index (κ2) is 4.89. The maximum absolute atomic E-state index is 8.87. The van der Waals surface area contributed by atoms with E-state index in [4.69, 9.17) is 15.4 Å². The van der Waals surface area contributed by atoms with Crippen LogP contribution in [0.3, 0.4) is 0 Å². The molecule has 0 aliphatic carbocycles. The summed E-state index contributed by atoms with van der Waals surface area (Å²) in [7, 11) is 0. The fraction of sp³-hybridized carbons (Fsp3) is 0.200. The largest absolute Gasteiger partial charge is 0.394 e. The average Bonchev–Trinajstić information content (AvgIpc) is 2.78. The third-order valence-electron chi connectivity index (χ3n) is 2.07. The molecule has 1 aromatic heterocycles. The fourth-order valence-electron chi connectivity index (χ4n) is 1.21. The van der Waals surface area contributed by atoms with Gasteiger partial charge >= 0.3 is 0 Å². The molecule has 0 radical (unpaired) electrons. The number of rotatable bonds is 3. The highest BCUT2D eigenvalue weighted by molar-refractivity contribution is 14.1. The van der Waals surface area contributed by atoms with Crippen LogP contribution in [0.4, 0.5) is 0 Å². The standard InChI is InChI=1S/C10H10IN3O2/c11-7-4-2-1-3-6(7)10-13-9(14-16-10)8(12)5-15/h1-4,8,15H,5,12H2. The summed E-state index contributed by atoms with van der Waals surface area (Å²) >= 11 is 2.19. The first kappa shape index (κ1) is 11.5. The molecule has 1 aromatic carbocycles. The van der Waals surface area contributed by atoms with Gasteiger partial charge < -0.3 is 15.4 Å². The summed E-state index contributed by atoms with van der Waals surface area (Å²) in [5.41, 5.74) is 6.45. The Kier molecular flexibility index (Phi) is 3.52. The van der Waals surface area contributed by atoms with Gasteiger partial charge in [-0.05, 0) is 34.7 Å². The molecule has 84 valence electrons. The summed E-state index contributed by atoms with van der Waals surface area (Å²) in [6.45, 7) is -0.204. The maximum atomic E-state index is 8.87. The van der Waals surface area contributed by atoms with Crippen LogP contribution in [-0.2, 0) is 0 Å². The van der Waals surface area contributed by atoms with Crippen molar-refractivity contribution in [3.63, 3.8) is 0 Å². The third-order valence-corrected chi connectivity index (χ3v) is 3.02. The van der Waals surface area contributed by atoms with Crippen molar-refractivity contribution in [1.29, 1.82) is 0 Å². The van der Waals surface area contributed by atoms with Gasteiger partial charge in [0.1, 0.15) is 0 Å². The first-order valence-electron chi connectivity index (χ1n) is 4.67. The normalized spacial score (nSPS) is 12.7. The van der Waals surface area contributed by atoms with E-state index in [0.29, 0.717) is 11.7 Å². The molecule has 0 saturated heterocycles. The molecule has 0 amide bonds. The molecule has 0 saturated carbocycles. The van der Waals surface area contributed by atoms with E-state index in [1.54, 1.807) is 0 Å². The molecule has 1 atom stereocenters. The van der Waals surface area contributed by atoms with Crippen LogP contribution in [-0.4, -0.2) is 21.9 Å². The number of hydrogen-bond acceptors (Lipinski definition) is 5. The number of hydrogen-bond donors (Lipinski definition) is 2. The summed E-state index contributed by atoms with van der Waals surface area (Å²) in [6.07, 6.45) is 0. The molecular weight excluding hydrogens is 321 g/mol. The zero-order valence-electron chi connectivity index (χ0n) is 8.30. The Labute approximate surface area is 106 Å². The van der Waals surface area contributed by atoms with Gasteiger partial charge in [0, 0.05) is 3.57 Å². The SMILES string of the molecule is NC(CO)c1noc(-c2ccccc2I)n1. The third kappa shape index (κ3) is 2.23. The number of aromatic nitrogens is 2. The zero-order valence-corrected chi connectivity index (χ0v) is 10.5. The molecule has 1 heterocycles. The number of aliphatic hydroxyl groups is 1. The van der Waals surface area contributed by atoms with Crippen molar-refractivity contribution in [2.45, 2.75) is 6.04 Å². The number of nitrogens with two attached hydrogens (primary N) is 1. The van der Waals surface area contributed by atoms with Crippen LogP contribution in [0.5, 0.6) is 0 Å². The Bertz CT molecular complexity index is 486. The monoisotopic (exact) mass is 331 g/mol. The van der Waals surface area contributed by atoms with E-state index >= 15 is 0 Å². The highest BCUT2D eigenvalue weighted by atomic mass is 127. The van der Waals surface area contributed by atoms with E-state index in [1.165, 1.54) is 0 Å². The van der Waals surface area contributed by atoms with Gasteiger partial charge in [-0.15, -0.1) is 0 Å². The van der Waals surface area contributed by atoms with E-state index in [0.717, 1.165) is 9.13 Å². The molecule has 0 aliphatic heterocycles. The van der Waals surface area contributed by atoms with Crippen LogP contribution in [0.15, 0.2) is 28.8 Å². The van der Waals surface area contributed by atoms with Crippen molar-refractivity contribution in [3.8, 4) is 11.5 Å². The molecule has 1 unspecified atom stereocenters. The lowest BCUT2D eigenvalue weighted by Crippen LogP contribution is -2.15. The lowest BCUT2D eigenvalue weighted by atomic mass is 10.2. The fourth-order valence-corrected chi connectivity index (χ4v) is 1.83. The van der Waals surface area contributed by atoms with Crippen LogP contribution in [0, 0.1) is 3.57 Å². The molecule has 0 aliphatic rings. The second-order valence-corrected chi connectivity index (χ2v) is 4.39. The van der Waals surface area contributed by atoms with Crippen molar-refractivity contribution in [1.82, 2.24) is 10.1 Å². The molecule has 2 aromatic rings. The zero-order chi connectivity index (χ0) is 11.5. The Hall–Kier alpha value is -0.990. The lowest BCUT2D eigenvalue weighted by Gasteiger charge is -1.99. The molecule has 0 bridgehead atoms. The highest BCUT2D eigenvalue weighted by Crippen LogP contribution is 2.23. The molecule has 6 heteroatoms. The predicted molar refractivity (Wildman–Crippen MR) is 66.5 cm³/mol. The van der Waals surface area contributed by atoms with E-state index in [-0.39, 0.29) is 6.61 Å². The second-order valence-electron chi connectivity index (χ2n) is 3.23. The highest BCUT2D eigenvalue weighted by Gasteiger charge is 2.15. The molecular formula is C10H10IN3O2. The topological polar surface area (TPSA) is 85.2 Å². The van der Waals surface area contributed by atoms with Gasteiger partial charge in [0.05, 0.1) is 18.2 Å². The minimum Gasteiger partial charge on any atom is -0.394 e. The summed E-state index contributed by atoms with van der Waals surface area (Å²) in [5.74, 6) is 0.737. The van der Waals surface area contributed by atoms with Gasteiger partial charge in [-0.3, -0.25) is 0 Å². The maximum Gasteiger partial charge on any atom is 0.259 e. The number of benzene rings is 1. The number of halogens is 1. The van der Waals surface area contributed by atoms with Crippen molar-refractivity contribution in [3.05, 3.63) is 33.7 Å². The van der Waals surface area contributed by atoms with Crippen LogP contribution < -0.4 is 5.73 Å². The van der Waals surface area contributed by atoms with Crippen LogP contribution in [0.1, 0.15) is 11.9 Å². The lowest BCUT2D eigenvalue weighted by molar-refractivity contribution is 0.260. The molecule has 2 rings (SSSR count). The Morgan fingerprint density at radius 3 is 2.88 bits per heavy atom. The van der Waals surface area contributed by atoms with Crippen LogP contribution in [0.25, 0.3) is 11.5 Å². The first-order valence-corrected chi connectivity index (χ1v) is 5.75. The van der Waals surface area contributed by atoms with Crippen molar-refractivity contribution < 1.29 is 9.63 Å². The minimum absolute atomic E-state index is 0.204. The van der Waals surface area contributed by atoms with Gasteiger partial charge in [0.15, 0.2) is 5.82 Å². The minimum atomic E-state index is -0.598. The summed E-state index contributed by atoms with van der Waals surface area (Å²) in [6, 6.07) is 7.07. The average molecular weight is 331 g/mol. The van der Waals surface area contributed by atoms with Crippen molar-refractivity contribution in [2.24, 2.45) is 5.73 Å².